The molecule has 0 saturated heterocycles. The summed E-state index contributed by atoms with van der Waals surface area (Å²) < 4.78 is 8.76. The van der Waals surface area contributed by atoms with E-state index in [0.29, 0.717) is 12.3 Å². The second-order valence-electron chi connectivity index (χ2n) is 4.58. The van der Waals surface area contributed by atoms with Crippen molar-refractivity contribution in [3.63, 3.8) is 0 Å². The number of aromatic hydroxyl groups is 1. The van der Waals surface area contributed by atoms with Crippen molar-refractivity contribution in [2.75, 3.05) is 0 Å². The molecule has 0 bridgehead atoms. The van der Waals surface area contributed by atoms with Crippen LogP contribution in [0.2, 0.25) is 0 Å². The number of oxazole rings is 1. The largest absolute Gasteiger partial charge is 0.493 e. The first-order valence-electron chi connectivity index (χ1n) is 6.24. The molecule has 0 fully saturated rings. The lowest BCUT2D eigenvalue weighted by atomic mass is 10.2. The maximum Gasteiger partial charge on any atom is 0.331 e. The topological polar surface area (TPSA) is 73.2 Å². The van der Waals surface area contributed by atoms with Crippen molar-refractivity contribution < 1.29 is 9.52 Å². The lowest BCUT2D eigenvalue weighted by Gasteiger charge is -2.02. The van der Waals surface area contributed by atoms with E-state index in [4.69, 9.17) is 4.42 Å². The summed E-state index contributed by atoms with van der Waals surface area (Å²) in [6, 6.07) is 7.65. The minimum absolute atomic E-state index is 0.103. The van der Waals surface area contributed by atoms with Gasteiger partial charge in [0.05, 0.1) is 25.5 Å². The Labute approximate surface area is 128 Å². The van der Waals surface area contributed by atoms with Gasteiger partial charge in [-0.25, -0.2) is 9.78 Å². The highest BCUT2D eigenvalue weighted by Gasteiger charge is 2.12. The molecule has 0 amide bonds. The van der Waals surface area contributed by atoms with Gasteiger partial charge >= 0.3 is 5.69 Å². The second kappa shape index (κ2) is 5.61. The first-order valence-corrected chi connectivity index (χ1v) is 7.03. The molecule has 0 spiro atoms. The van der Waals surface area contributed by atoms with Gasteiger partial charge in [-0.15, -0.1) is 0 Å². The van der Waals surface area contributed by atoms with Crippen LogP contribution in [-0.4, -0.2) is 19.2 Å². The van der Waals surface area contributed by atoms with Crippen LogP contribution in [0.15, 0.2) is 56.7 Å². The highest BCUT2D eigenvalue weighted by atomic mass is 79.9. The number of aromatic nitrogens is 3. The average Bonchev–Trinajstić information content (AvgIpc) is 3.06. The van der Waals surface area contributed by atoms with Gasteiger partial charge in [0.25, 0.3) is 0 Å². The zero-order valence-electron chi connectivity index (χ0n) is 10.9. The normalized spacial score (nSPS) is 10.9. The molecule has 0 saturated carbocycles. The zero-order valence-corrected chi connectivity index (χ0v) is 12.5. The number of rotatable bonds is 4. The number of hydrogen-bond donors (Lipinski definition) is 1. The fourth-order valence-electron chi connectivity index (χ4n) is 2.04. The van der Waals surface area contributed by atoms with Gasteiger partial charge in [0.2, 0.25) is 5.88 Å². The molecular formula is C14H12BrN3O3. The van der Waals surface area contributed by atoms with Crippen LogP contribution in [0.25, 0.3) is 0 Å². The van der Waals surface area contributed by atoms with Crippen LogP contribution < -0.4 is 5.69 Å². The van der Waals surface area contributed by atoms with E-state index in [1.807, 2.05) is 24.3 Å². The van der Waals surface area contributed by atoms with Crippen molar-refractivity contribution in [3.05, 3.63) is 69.3 Å². The van der Waals surface area contributed by atoms with Crippen molar-refractivity contribution in [3.8, 4) is 5.88 Å². The zero-order chi connectivity index (χ0) is 14.8. The fraction of sp³-hybridized carbons (Fsp3) is 0.143. The van der Waals surface area contributed by atoms with Crippen molar-refractivity contribution in [2.45, 2.75) is 13.1 Å². The Morgan fingerprint density at radius 1 is 1.24 bits per heavy atom. The van der Waals surface area contributed by atoms with E-state index in [-0.39, 0.29) is 18.1 Å². The van der Waals surface area contributed by atoms with E-state index >= 15 is 0 Å². The van der Waals surface area contributed by atoms with Crippen LogP contribution in [-0.2, 0) is 13.1 Å². The molecule has 108 valence electrons. The minimum atomic E-state index is -0.299. The summed E-state index contributed by atoms with van der Waals surface area (Å²) in [5.41, 5.74) is 0.670. The lowest BCUT2D eigenvalue weighted by Crippen LogP contribution is -2.24. The molecule has 2 aromatic heterocycles. The number of hydrogen-bond acceptors (Lipinski definition) is 4. The van der Waals surface area contributed by atoms with Crippen LogP contribution in [0.3, 0.4) is 0 Å². The third-order valence-corrected chi connectivity index (χ3v) is 3.62. The number of nitrogens with zero attached hydrogens (tertiary/aromatic N) is 3. The monoisotopic (exact) mass is 349 g/mol. The fourth-order valence-corrected chi connectivity index (χ4v) is 2.31. The molecule has 21 heavy (non-hydrogen) atoms. The molecule has 7 heteroatoms. The maximum atomic E-state index is 12.3. The van der Waals surface area contributed by atoms with E-state index in [0.717, 1.165) is 10.0 Å². The Morgan fingerprint density at radius 3 is 2.67 bits per heavy atom. The molecule has 0 aliphatic carbocycles. The molecule has 0 radical (unpaired) electrons. The van der Waals surface area contributed by atoms with Crippen LogP contribution in [0.4, 0.5) is 0 Å². The van der Waals surface area contributed by atoms with Gasteiger partial charge in [-0.05, 0) is 17.7 Å². The average molecular weight is 350 g/mol. The lowest BCUT2D eigenvalue weighted by molar-refractivity contribution is 0.405. The van der Waals surface area contributed by atoms with Crippen molar-refractivity contribution in [2.24, 2.45) is 0 Å². The maximum absolute atomic E-state index is 12.3. The van der Waals surface area contributed by atoms with Crippen molar-refractivity contribution in [1.82, 2.24) is 14.1 Å². The second-order valence-corrected chi connectivity index (χ2v) is 5.49. The third kappa shape index (κ3) is 2.92. The molecule has 0 aliphatic rings. The summed E-state index contributed by atoms with van der Waals surface area (Å²) in [6.07, 6.45) is 4.22. The van der Waals surface area contributed by atoms with Gasteiger partial charge in [0.15, 0.2) is 6.39 Å². The van der Waals surface area contributed by atoms with Gasteiger partial charge in [-0.1, -0.05) is 28.1 Å². The van der Waals surface area contributed by atoms with Crippen LogP contribution in [0.5, 0.6) is 5.88 Å². The number of benzene rings is 1. The quantitative estimate of drug-likeness (QED) is 0.783. The smallest absolute Gasteiger partial charge is 0.331 e. The van der Waals surface area contributed by atoms with Gasteiger partial charge in [-0.2, -0.15) is 0 Å². The third-order valence-electron chi connectivity index (χ3n) is 3.09. The molecule has 2 heterocycles. The van der Waals surface area contributed by atoms with Gasteiger partial charge in [-0.3, -0.25) is 9.13 Å². The Balaban J connectivity index is 1.87. The van der Waals surface area contributed by atoms with E-state index in [9.17, 15) is 9.90 Å². The molecule has 0 aliphatic heterocycles. The summed E-state index contributed by atoms with van der Waals surface area (Å²) in [6.45, 7) is 0.543. The van der Waals surface area contributed by atoms with E-state index in [1.54, 1.807) is 0 Å². The van der Waals surface area contributed by atoms with Gasteiger partial charge in [0.1, 0.15) is 5.76 Å². The Bertz CT molecular complexity index is 788. The van der Waals surface area contributed by atoms with Crippen molar-refractivity contribution >= 4 is 15.9 Å². The first-order chi connectivity index (χ1) is 10.1. The standard InChI is InChI=1S/C14H12BrN3O3/c15-11-3-1-10(2-4-11)6-17-8-13(19)18(14(17)20)7-12-5-16-9-21-12/h1-5,8-9,19H,6-7H2. The number of imidazole rings is 1. The highest BCUT2D eigenvalue weighted by Crippen LogP contribution is 2.13. The van der Waals surface area contributed by atoms with Crippen LogP contribution in [0.1, 0.15) is 11.3 Å². The predicted octanol–water partition coefficient (Wildman–Crippen LogP) is 2.20. The Hall–Kier alpha value is -2.28. The summed E-state index contributed by atoms with van der Waals surface area (Å²) in [5, 5.41) is 9.91. The molecule has 1 N–H and O–H groups in total. The summed E-state index contributed by atoms with van der Waals surface area (Å²) in [5.74, 6) is 0.405. The van der Waals surface area contributed by atoms with E-state index in [2.05, 4.69) is 20.9 Å². The molecule has 0 unspecified atom stereocenters. The van der Waals surface area contributed by atoms with Crippen LogP contribution in [0, 0.1) is 0 Å². The molecule has 0 atom stereocenters. The van der Waals surface area contributed by atoms with Gasteiger partial charge in [0, 0.05) is 4.47 Å². The van der Waals surface area contributed by atoms with E-state index < -0.39 is 0 Å². The molecule has 3 aromatic rings. The van der Waals surface area contributed by atoms with E-state index in [1.165, 1.54) is 27.9 Å². The Kier molecular flexibility index (Phi) is 3.66. The summed E-state index contributed by atoms with van der Waals surface area (Å²) in [7, 11) is 0. The predicted molar refractivity (Wildman–Crippen MR) is 79.2 cm³/mol. The number of halogens is 1. The van der Waals surface area contributed by atoms with Crippen molar-refractivity contribution in [1.29, 1.82) is 0 Å². The SMILES string of the molecule is O=c1n(Cc2ccc(Br)cc2)cc(O)n1Cc1cnco1. The summed E-state index contributed by atoms with van der Waals surface area (Å²) in [4.78, 5) is 16.1. The molecule has 3 rings (SSSR count). The first kappa shape index (κ1) is 13.7. The molecular weight excluding hydrogens is 338 g/mol. The minimum Gasteiger partial charge on any atom is -0.493 e. The van der Waals surface area contributed by atoms with Crippen LogP contribution >= 0.6 is 15.9 Å². The Morgan fingerprint density at radius 2 is 2.00 bits per heavy atom. The summed E-state index contributed by atoms with van der Waals surface area (Å²) >= 11 is 3.37. The highest BCUT2D eigenvalue weighted by molar-refractivity contribution is 9.10. The van der Waals surface area contributed by atoms with Gasteiger partial charge < -0.3 is 9.52 Å². The molecule has 6 nitrogen and oxygen atoms in total. The molecule has 1 aromatic carbocycles.